The summed E-state index contributed by atoms with van der Waals surface area (Å²) in [5.74, 6) is -0.184. The second-order valence-electron chi connectivity index (χ2n) is 6.56. The largest absolute Gasteiger partial charge is 0.337 e. The summed E-state index contributed by atoms with van der Waals surface area (Å²) in [5.41, 5.74) is -0.0408. The van der Waals surface area contributed by atoms with Gasteiger partial charge in [0.05, 0.1) is 24.8 Å². The smallest absolute Gasteiger partial charge is 0.238 e. The first-order chi connectivity index (χ1) is 11.9. The lowest BCUT2D eigenvalue weighted by molar-refractivity contribution is -0.124. The lowest BCUT2D eigenvalue weighted by Crippen LogP contribution is -2.50. The summed E-state index contributed by atoms with van der Waals surface area (Å²) < 4.78 is 0. The Bertz CT molecular complexity index is 684. The van der Waals surface area contributed by atoms with Crippen molar-refractivity contribution in [3.05, 3.63) is 24.3 Å². The van der Waals surface area contributed by atoms with Gasteiger partial charge in [-0.2, -0.15) is 5.26 Å². The Balaban J connectivity index is 1.83. The van der Waals surface area contributed by atoms with Crippen molar-refractivity contribution in [1.29, 1.82) is 5.26 Å². The summed E-state index contributed by atoms with van der Waals surface area (Å²) in [6, 6.07) is 9.78. The predicted molar refractivity (Wildman–Crippen MR) is 99.2 cm³/mol. The zero-order valence-corrected chi connectivity index (χ0v) is 15.7. The third-order valence-corrected chi connectivity index (χ3v) is 5.03. The third kappa shape index (κ3) is 5.48. The first-order valence-corrected chi connectivity index (χ1v) is 9.44. The highest BCUT2D eigenvalue weighted by Crippen LogP contribution is 2.39. The zero-order chi connectivity index (χ0) is 18.4. The Labute approximate surface area is 153 Å². The summed E-state index contributed by atoms with van der Waals surface area (Å²) in [6.45, 7) is 1.93. The molecule has 0 bridgehead atoms. The van der Waals surface area contributed by atoms with Gasteiger partial charge in [-0.05, 0) is 51.1 Å². The summed E-state index contributed by atoms with van der Waals surface area (Å²) in [4.78, 5) is 27.0. The van der Waals surface area contributed by atoms with E-state index in [0.717, 1.165) is 23.4 Å². The van der Waals surface area contributed by atoms with Crippen LogP contribution in [0.4, 0.5) is 5.69 Å². The van der Waals surface area contributed by atoms with Gasteiger partial charge in [-0.25, -0.2) is 0 Å². The van der Waals surface area contributed by atoms with Gasteiger partial charge in [-0.15, -0.1) is 11.8 Å². The van der Waals surface area contributed by atoms with Crippen LogP contribution in [0, 0.1) is 17.2 Å². The molecule has 0 aliphatic heterocycles. The number of carbonyl (C=O) groups excluding carboxylic acids is 2. The average molecular weight is 360 g/mol. The summed E-state index contributed by atoms with van der Waals surface area (Å²) in [6.07, 6.45) is 3.89. The van der Waals surface area contributed by atoms with E-state index in [4.69, 9.17) is 0 Å². The quantitative estimate of drug-likeness (QED) is 0.694. The van der Waals surface area contributed by atoms with Gasteiger partial charge >= 0.3 is 0 Å². The molecule has 1 aliphatic rings. The maximum Gasteiger partial charge on any atom is 0.238 e. The van der Waals surface area contributed by atoms with Crippen molar-refractivity contribution in [2.24, 2.45) is 5.92 Å². The highest BCUT2D eigenvalue weighted by atomic mass is 32.2. The molecule has 134 valence electrons. The van der Waals surface area contributed by atoms with Gasteiger partial charge in [-0.3, -0.25) is 14.5 Å². The predicted octanol–water partition coefficient (Wildman–Crippen LogP) is 2.09. The van der Waals surface area contributed by atoms with E-state index in [2.05, 4.69) is 16.7 Å². The number of carbonyl (C=O) groups is 2. The second kappa shape index (κ2) is 8.37. The van der Waals surface area contributed by atoms with Crippen molar-refractivity contribution in [3.8, 4) is 6.07 Å². The van der Waals surface area contributed by atoms with E-state index < -0.39 is 5.54 Å². The molecule has 1 aliphatic carbocycles. The van der Waals surface area contributed by atoms with E-state index in [1.165, 1.54) is 0 Å². The van der Waals surface area contributed by atoms with Gasteiger partial charge < -0.3 is 10.6 Å². The van der Waals surface area contributed by atoms with Gasteiger partial charge in [0.25, 0.3) is 0 Å². The monoisotopic (exact) mass is 360 g/mol. The molecule has 1 saturated carbocycles. The first kappa shape index (κ1) is 19.3. The van der Waals surface area contributed by atoms with Crippen LogP contribution in [0.15, 0.2) is 29.2 Å². The number of rotatable bonds is 8. The van der Waals surface area contributed by atoms with Crippen molar-refractivity contribution < 1.29 is 9.59 Å². The third-order valence-electron chi connectivity index (χ3n) is 4.23. The van der Waals surface area contributed by atoms with E-state index in [0.29, 0.717) is 0 Å². The molecule has 1 aromatic carbocycles. The average Bonchev–Trinajstić information content (AvgIpc) is 3.40. The molecule has 0 aromatic heterocycles. The lowest BCUT2D eigenvalue weighted by atomic mass is 9.98. The summed E-state index contributed by atoms with van der Waals surface area (Å²) in [7, 11) is 1.71. The molecule has 1 atom stereocenters. The maximum atomic E-state index is 12.2. The molecular formula is C18H24N4O2S. The Hall–Kier alpha value is -2.04. The van der Waals surface area contributed by atoms with E-state index in [9.17, 15) is 14.9 Å². The van der Waals surface area contributed by atoms with E-state index >= 15 is 0 Å². The number of nitrogens with one attached hydrogen (secondary N) is 2. The minimum absolute atomic E-state index is 0.0710. The fraction of sp³-hybridized carbons (Fsp3) is 0.500. The molecule has 0 heterocycles. The number of nitrogens with zero attached hydrogens (tertiary/aromatic N) is 2. The minimum Gasteiger partial charge on any atom is -0.337 e. The highest BCUT2D eigenvalue weighted by molar-refractivity contribution is 7.98. The molecule has 1 fully saturated rings. The SMILES string of the molecule is CSc1ccccc1NC(=O)CN(C)CC(=O)N[C@@](C)(C#N)C1CC1. The number of para-hydroxylation sites is 1. The van der Waals surface area contributed by atoms with Crippen LogP contribution in [0.25, 0.3) is 0 Å². The first-order valence-electron chi connectivity index (χ1n) is 8.21. The van der Waals surface area contributed by atoms with Crippen LogP contribution >= 0.6 is 11.8 Å². The molecule has 2 amide bonds. The van der Waals surface area contributed by atoms with E-state index in [-0.39, 0.29) is 30.8 Å². The number of likely N-dealkylation sites (N-methyl/N-ethyl adjacent to an activating group) is 1. The Morgan fingerprint density at radius 2 is 1.96 bits per heavy atom. The zero-order valence-electron chi connectivity index (χ0n) is 14.8. The molecule has 0 spiro atoms. The summed E-state index contributed by atoms with van der Waals surface area (Å²) >= 11 is 1.56. The van der Waals surface area contributed by atoms with Crippen LogP contribution in [0.5, 0.6) is 0 Å². The van der Waals surface area contributed by atoms with Crippen molar-refractivity contribution in [3.63, 3.8) is 0 Å². The highest BCUT2D eigenvalue weighted by Gasteiger charge is 2.43. The van der Waals surface area contributed by atoms with Gasteiger partial charge in [0.2, 0.25) is 11.8 Å². The van der Waals surface area contributed by atoms with Crippen molar-refractivity contribution in [2.45, 2.75) is 30.2 Å². The fourth-order valence-electron chi connectivity index (χ4n) is 2.69. The number of anilines is 1. The lowest BCUT2D eigenvalue weighted by Gasteiger charge is -2.24. The van der Waals surface area contributed by atoms with Crippen LogP contribution in [-0.4, -0.2) is 48.6 Å². The van der Waals surface area contributed by atoms with Crippen molar-refractivity contribution in [2.75, 3.05) is 31.7 Å². The number of benzene rings is 1. The van der Waals surface area contributed by atoms with Gasteiger partial charge in [0, 0.05) is 4.90 Å². The van der Waals surface area contributed by atoms with Crippen molar-refractivity contribution >= 4 is 29.3 Å². The second-order valence-corrected chi connectivity index (χ2v) is 7.41. The molecule has 0 saturated heterocycles. The van der Waals surface area contributed by atoms with Gasteiger partial charge in [-0.1, -0.05) is 12.1 Å². The number of amides is 2. The molecule has 0 radical (unpaired) electrons. The molecular weight excluding hydrogens is 336 g/mol. The van der Waals surface area contributed by atoms with Crippen LogP contribution in [-0.2, 0) is 9.59 Å². The number of nitriles is 1. The number of hydrogen-bond donors (Lipinski definition) is 2. The van der Waals surface area contributed by atoms with Gasteiger partial charge in [0.15, 0.2) is 0 Å². The van der Waals surface area contributed by atoms with Crippen LogP contribution < -0.4 is 10.6 Å². The van der Waals surface area contributed by atoms with Crippen LogP contribution in [0.3, 0.4) is 0 Å². The topological polar surface area (TPSA) is 85.2 Å². The molecule has 7 heteroatoms. The summed E-state index contributed by atoms with van der Waals surface area (Å²) in [5, 5.41) is 15.0. The Morgan fingerprint density at radius 3 is 2.56 bits per heavy atom. The number of thioether (sulfide) groups is 1. The molecule has 6 nitrogen and oxygen atoms in total. The number of hydrogen-bond acceptors (Lipinski definition) is 5. The van der Waals surface area contributed by atoms with Crippen molar-refractivity contribution in [1.82, 2.24) is 10.2 Å². The molecule has 25 heavy (non-hydrogen) atoms. The molecule has 1 aromatic rings. The Morgan fingerprint density at radius 1 is 1.32 bits per heavy atom. The van der Waals surface area contributed by atoms with Crippen LogP contribution in [0.1, 0.15) is 19.8 Å². The molecule has 0 unspecified atom stereocenters. The van der Waals surface area contributed by atoms with Crippen LogP contribution in [0.2, 0.25) is 0 Å². The standard InChI is InChI=1S/C18H24N4O2S/c1-18(12-19,13-8-9-13)21-17(24)11-22(2)10-16(23)20-14-6-4-5-7-15(14)25-3/h4-7,13H,8-11H2,1-3H3,(H,20,23)(H,21,24)/t18-/m0/s1. The van der Waals surface area contributed by atoms with E-state index in [1.807, 2.05) is 30.5 Å². The molecule has 2 N–H and O–H groups in total. The minimum atomic E-state index is -0.808. The maximum absolute atomic E-state index is 12.2. The van der Waals surface area contributed by atoms with E-state index in [1.54, 1.807) is 30.6 Å². The normalized spacial score (nSPS) is 16.0. The fourth-order valence-corrected chi connectivity index (χ4v) is 3.25. The molecule has 2 rings (SSSR count). The Kier molecular flexibility index (Phi) is 6.45. The van der Waals surface area contributed by atoms with Gasteiger partial charge in [0.1, 0.15) is 5.54 Å².